The third-order valence-electron chi connectivity index (χ3n) is 5.43. The molecule has 1 amide bonds. The minimum absolute atomic E-state index is 0.0885. The molecule has 0 radical (unpaired) electrons. The van der Waals surface area contributed by atoms with E-state index in [9.17, 15) is 4.79 Å². The van der Waals surface area contributed by atoms with Gasteiger partial charge in [-0.2, -0.15) is 10.1 Å². The van der Waals surface area contributed by atoms with E-state index in [0.29, 0.717) is 18.6 Å². The van der Waals surface area contributed by atoms with Gasteiger partial charge in [-0.15, -0.1) is 0 Å². The van der Waals surface area contributed by atoms with Crippen molar-refractivity contribution in [2.45, 2.75) is 52.0 Å². The smallest absolute Gasteiger partial charge is 0.252 e. The lowest BCUT2D eigenvalue weighted by atomic mass is 9.97. The van der Waals surface area contributed by atoms with Crippen molar-refractivity contribution < 1.29 is 4.79 Å². The zero-order valence-corrected chi connectivity index (χ0v) is 15.8. The van der Waals surface area contributed by atoms with E-state index in [1.54, 1.807) is 10.7 Å². The Labute approximate surface area is 158 Å². The fourth-order valence-corrected chi connectivity index (χ4v) is 4.00. The molecule has 0 aromatic carbocycles. The van der Waals surface area contributed by atoms with Gasteiger partial charge in [0.05, 0.1) is 11.7 Å². The molecule has 0 spiro atoms. The predicted molar refractivity (Wildman–Crippen MR) is 101 cm³/mol. The molecule has 1 aliphatic heterocycles. The van der Waals surface area contributed by atoms with Crippen LogP contribution < -0.4 is 0 Å². The first-order chi connectivity index (χ1) is 13.1. The van der Waals surface area contributed by atoms with Crippen LogP contribution in [0.3, 0.4) is 0 Å². The minimum Gasteiger partial charge on any atom is -0.334 e. The van der Waals surface area contributed by atoms with Crippen molar-refractivity contribution in [3.63, 3.8) is 0 Å². The Kier molecular flexibility index (Phi) is 4.83. The second-order valence-electron chi connectivity index (χ2n) is 7.09. The number of amides is 1. The molecule has 1 saturated heterocycles. The molecule has 140 valence electrons. The summed E-state index contributed by atoms with van der Waals surface area (Å²) in [6.07, 6.45) is 7.61. The second kappa shape index (κ2) is 7.42. The monoisotopic (exact) mass is 364 g/mol. The fourth-order valence-electron chi connectivity index (χ4n) is 4.00. The summed E-state index contributed by atoms with van der Waals surface area (Å²) < 4.78 is 1.74. The van der Waals surface area contributed by atoms with Crippen molar-refractivity contribution in [2.75, 3.05) is 6.54 Å². The summed E-state index contributed by atoms with van der Waals surface area (Å²) in [4.78, 5) is 28.2. The molecule has 0 unspecified atom stereocenters. The van der Waals surface area contributed by atoms with Crippen LogP contribution in [-0.4, -0.2) is 41.9 Å². The Morgan fingerprint density at radius 2 is 2.11 bits per heavy atom. The van der Waals surface area contributed by atoms with Crippen molar-refractivity contribution in [3.05, 3.63) is 53.4 Å². The fraction of sp³-hybridized carbons (Fsp3) is 0.450. The number of piperidine rings is 1. The highest BCUT2D eigenvalue weighted by Crippen LogP contribution is 2.30. The number of carbonyl (C=O) groups excluding carboxylic acids is 1. The molecule has 1 atom stereocenters. The summed E-state index contributed by atoms with van der Waals surface area (Å²) >= 11 is 0. The van der Waals surface area contributed by atoms with Gasteiger partial charge in [-0.1, -0.05) is 6.07 Å². The van der Waals surface area contributed by atoms with Gasteiger partial charge in [-0.3, -0.25) is 9.78 Å². The molecule has 0 N–H and O–H groups in total. The highest BCUT2D eigenvalue weighted by molar-refractivity contribution is 5.77. The molecule has 7 heteroatoms. The van der Waals surface area contributed by atoms with Crippen LogP contribution in [-0.2, 0) is 11.2 Å². The van der Waals surface area contributed by atoms with E-state index in [-0.39, 0.29) is 11.9 Å². The van der Waals surface area contributed by atoms with Crippen molar-refractivity contribution >= 4 is 11.7 Å². The number of aromatic nitrogens is 5. The maximum Gasteiger partial charge on any atom is 0.252 e. The van der Waals surface area contributed by atoms with Gasteiger partial charge in [-0.05, 0) is 57.2 Å². The van der Waals surface area contributed by atoms with Gasteiger partial charge in [0, 0.05) is 30.6 Å². The number of rotatable bonds is 4. The van der Waals surface area contributed by atoms with Crippen molar-refractivity contribution in [2.24, 2.45) is 0 Å². The van der Waals surface area contributed by atoms with E-state index >= 15 is 0 Å². The van der Waals surface area contributed by atoms with Crippen LogP contribution in [0.5, 0.6) is 0 Å². The second-order valence-corrected chi connectivity index (χ2v) is 7.09. The average molecular weight is 364 g/mol. The van der Waals surface area contributed by atoms with Crippen LogP contribution >= 0.6 is 0 Å². The molecule has 7 nitrogen and oxygen atoms in total. The van der Waals surface area contributed by atoms with E-state index < -0.39 is 0 Å². The van der Waals surface area contributed by atoms with Gasteiger partial charge in [0.2, 0.25) is 5.91 Å². The number of hydrogen-bond donors (Lipinski definition) is 0. The van der Waals surface area contributed by atoms with Gasteiger partial charge in [0.1, 0.15) is 6.33 Å². The lowest BCUT2D eigenvalue weighted by Gasteiger charge is -2.35. The van der Waals surface area contributed by atoms with E-state index in [1.165, 1.54) is 6.33 Å². The SMILES string of the molecule is Cc1nc2ncnn2c(C)c1CCC(=O)N1CCCC[C@@H]1c1ccccn1. The van der Waals surface area contributed by atoms with E-state index in [4.69, 9.17) is 0 Å². The van der Waals surface area contributed by atoms with Crippen LogP contribution in [0.2, 0.25) is 0 Å². The maximum absolute atomic E-state index is 13.0. The Balaban J connectivity index is 1.52. The van der Waals surface area contributed by atoms with Gasteiger partial charge in [0.15, 0.2) is 0 Å². The summed E-state index contributed by atoms with van der Waals surface area (Å²) in [7, 11) is 0. The molecule has 0 aliphatic carbocycles. The van der Waals surface area contributed by atoms with Crippen molar-refractivity contribution in [1.29, 1.82) is 0 Å². The first-order valence-electron chi connectivity index (χ1n) is 9.51. The molecule has 4 rings (SSSR count). The van der Waals surface area contributed by atoms with Crippen LogP contribution in [0.1, 0.15) is 54.4 Å². The predicted octanol–water partition coefficient (Wildman–Crippen LogP) is 2.82. The van der Waals surface area contributed by atoms with Crippen LogP contribution in [0, 0.1) is 13.8 Å². The Morgan fingerprint density at radius 3 is 2.93 bits per heavy atom. The molecule has 3 aromatic rings. The Morgan fingerprint density at radius 1 is 1.22 bits per heavy atom. The molecule has 4 heterocycles. The largest absolute Gasteiger partial charge is 0.334 e. The van der Waals surface area contributed by atoms with Gasteiger partial charge < -0.3 is 4.90 Å². The number of nitrogens with zero attached hydrogens (tertiary/aromatic N) is 6. The highest BCUT2D eigenvalue weighted by atomic mass is 16.2. The average Bonchev–Trinajstić information content (AvgIpc) is 3.17. The summed E-state index contributed by atoms with van der Waals surface area (Å²) in [6.45, 7) is 4.78. The zero-order chi connectivity index (χ0) is 18.8. The molecule has 0 bridgehead atoms. The number of likely N-dealkylation sites (tertiary alicyclic amines) is 1. The van der Waals surface area contributed by atoms with Gasteiger partial charge in [0.25, 0.3) is 5.78 Å². The Hall–Kier alpha value is -2.83. The number of carbonyl (C=O) groups is 1. The summed E-state index contributed by atoms with van der Waals surface area (Å²) in [5.74, 6) is 0.786. The van der Waals surface area contributed by atoms with Gasteiger partial charge >= 0.3 is 0 Å². The van der Waals surface area contributed by atoms with Crippen molar-refractivity contribution in [1.82, 2.24) is 29.5 Å². The lowest BCUT2D eigenvalue weighted by Crippen LogP contribution is -2.39. The highest BCUT2D eigenvalue weighted by Gasteiger charge is 2.28. The number of fused-ring (bicyclic) bond motifs is 1. The van der Waals surface area contributed by atoms with Gasteiger partial charge in [-0.25, -0.2) is 9.50 Å². The van der Waals surface area contributed by atoms with E-state index in [0.717, 1.165) is 48.5 Å². The third-order valence-corrected chi connectivity index (χ3v) is 5.43. The number of hydrogen-bond acceptors (Lipinski definition) is 5. The third kappa shape index (κ3) is 3.41. The first-order valence-corrected chi connectivity index (χ1v) is 9.51. The van der Waals surface area contributed by atoms with Crippen LogP contribution in [0.25, 0.3) is 5.78 Å². The molecular formula is C20H24N6O. The van der Waals surface area contributed by atoms with Crippen molar-refractivity contribution in [3.8, 4) is 0 Å². The summed E-state index contributed by atoms with van der Waals surface area (Å²) in [5, 5.41) is 4.23. The number of pyridine rings is 1. The molecule has 0 saturated carbocycles. The Bertz CT molecular complexity index is 952. The molecule has 3 aromatic heterocycles. The summed E-state index contributed by atoms with van der Waals surface area (Å²) in [6, 6.07) is 6.01. The standard InChI is InChI=1S/C20H24N6O/c1-14-16(15(2)26-20(24-14)22-13-23-26)9-10-19(27)25-12-6-4-8-18(25)17-7-3-5-11-21-17/h3,5,7,11,13,18H,4,6,8-10,12H2,1-2H3/t18-/m1/s1. The molecule has 27 heavy (non-hydrogen) atoms. The quantitative estimate of drug-likeness (QED) is 0.711. The van der Waals surface area contributed by atoms with Crippen LogP contribution in [0.15, 0.2) is 30.7 Å². The normalized spacial score (nSPS) is 17.4. The maximum atomic E-state index is 13.0. The van der Waals surface area contributed by atoms with Crippen LogP contribution in [0.4, 0.5) is 0 Å². The molecule has 1 aliphatic rings. The zero-order valence-electron chi connectivity index (χ0n) is 15.8. The first kappa shape index (κ1) is 17.6. The topological polar surface area (TPSA) is 76.3 Å². The minimum atomic E-state index is 0.0885. The van der Waals surface area contributed by atoms with E-state index in [2.05, 4.69) is 20.1 Å². The van der Waals surface area contributed by atoms with E-state index in [1.807, 2.05) is 36.9 Å². The molecular weight excluding hydrogens is 340 g/mol. The summed E-state index contributed by atoms with van der Waals surface area (Å²) in [5.41, 5.74) is 3.99. The molecule has 1 fully saturated rings. The number of aryl methyl sites for hydroxylation is 2. The lowest BCUT2D eigenvalue weighted by molar-refractivity contribution is -0.135.